The van der Waals surface area contributed by atoms with Gasteiger partial charge in [-0.2, -0.15) is 0 Å². The van der Waals surface area contributed by atoms with Gasteiger partial charge in [-0.1, -0.05) is 24.3 Å². The Bertz CT molecular complexity index is 335. The van der Waals surface area contributed by atoms with E-state index < -0.39 is 0 Å². The second kappa shape index (κ2) is 6.74. The predicted molar refractivity (Wildman–Crippen MR) is 67.8 cm³/mol. The highest BCUT2D eigenvalue weighted by Gasteiger charge is 2.13. The molecule has 0 aromatic heterocycles. The number of methoxy groups -OCH3 is 1. The van der Waals surface area contributed by atoms with Crippen molar-refractivity contribution >= 4 is 0 Å². The van der Waals surface area contributed by atoms with E-state index in [-0.39, 0.29) is 0 Å². The van der Waals surface area contributed by atoms with Crippen molar-refractivity contribution < 1.29 is 9.47 Å². The highest BCUT2D eigenvalue weighted by Crippen LogP contribution is 2.12. The summed E-state index contributed by atoms with van der Waals surface area (Å²) in [6.45, 7) is 3.38. The number of rotatable bonds is 5. The van der Waals surface area contributed by atoms with Crippen molar-refractivity contribution in [3.63, 3.8) is 0 Å². The monoisotopic (exact) mass is 235 g/mol. The molecule has 0 aliphatic carbocycles. The molecule has 2 rings (SSSR count). The quantitative estimate of drug-likeness (QED) is 0.848. The maximum atomic E-state index is 5.35. The molecule has 0 atom stereocenters. The number of benzene rings is 1. The van der Waals surface area contributed by atoms with Crippen molar-refractivity contribution in [3.8, 4) is 0 Å². The normalized spacial score (nSPS) is 17.2. The van der Waals surface area contributed by atoms with Crippen LogP contribution in [0.15, 0.2) is 24.3 Å². The average Bonchev–Trinajstić information content (AvgIpc) is 2.39. The van der Waals surface area contributed by atoms with Gasteiger partial charge in [0.2, 0.25) is 0 Å². The zero-order chi connectivity index (χ0) is 11.9. The van der Waals surface area contributed by atoms with Crippen molar-refractivity contribution in [1.82, 2.24) is 5.32 Å². The van der Waals surface area contributed by atoms with Gasteiger partial charge in [0.25, 0.3) is 0 Å². The predicted octanol–water partition coefficient (Wildman–Crippen LogP) is 2.10. The van der Waals surface area contributed by atoms with Gasteiger partial charge in [-0.3, -0.25) is 0 Å². The fourth-order valence-corrected chi connectivity index (χ4v) is 2.18. The molecule has 1 aromatic carbocycles. The molecular weight excluding hydrogens is 214 g/mol. The van der Waals surface area contributed by atoms with Crippen LogP contribution in [0.2, 0.25) is 0 Å². The number of hydrogen-bond acceptors (Lipinski definition) is 3. The van der Waals surface area contributed by atoms with Crippen molar-refractivity contribution in [3.05, 3.63) is 35.4 Å². The first-order valence-corrected chi connectivity index (χ1v) is 6.27. The minimum Gasteiger partial charge on any atom is -0.381 e. The fourth-order valence-electron chi connectivity index (χ4n) is 2.18. The summed E-state index contributed by atoms with van der Waals surface area (Å²) in [6.07, 6.45) is 2.24. The first kappa shape index (κ1) is 12.6. The van der Waals surface area contributed by atoms with Crippen LogP contribution in [0.1, 0.15) is 24.0 Å². The van der Waals surface area contributed by atoms with Crippen LogP contribution in [0.4, 0.5) is 0 Å². The van der Waals surface area contributed by atoms with E-state index in [1.807, 2.05) is 0 Å². The third kappa shape index (κ3) is 3.80. The molecule has 0 unspecified atom stereocenters. The summed E-state index contributed by atoms with van der Waals surface area (Å²) in [5, 5.41) is 3.60. The van der Waals surface area contributed by atoms with Gasteiger partial charge in [0.15, 0.2) is 0 Å². The fraction of sp³-hybridized carbons (Fsp3) is 0.571. The number of ether oxygens (including phenoxy) is 2. The molecule has 1 aliphatic rings. The Hall–Kier alpha value is -0.900. The molecule has 1 fully saturated rings. The van der Waals surface area contributed by atoms with Gasteiger partial charge in [0.1, 0.15) is 0 Å². The van der Waals surface area contributed by atoms with Gasteiger partial charge in [-0.05, 0) is 24.0 Å². The van der Waals surface area contributed by atoms with Crippen molar-refractivity contribution in [2.45, 2.75) is 32.0 Å². The Morgan fingerprint density at radius 3 is 2.65 bits per heavy atom. The van der Waals surface area contributed by atoms with Crippen LogP contribution < -0.4 is 5.32 Å². The van der Waals surface area contributed by atoms with Crippen molar-refractivity contribution in [2.75, 3.05) is 20.3 Å². The van der Waals surface area contributed by atoms with E-state index in [9.17, 15) is 0 Å². The smallest absolute Gasteiger partial charge is 0.0716 e. The topological polar surface area (TPSA) is 30.5 Å². The van der Waals surface area contributed by atoms with E-state index in [4.69, 9.17) is 9.47 Å². The van der Waals surface area contributed by atoms with Crippen LogP contribution in [0.5, 0.6) is 0 Å². The van der Waals surface area contributed by atoms with Gasteiger partial charge in [0, 0.05) is 32.9 Å². The molecule has 0 spiro atoms. The van der Waals surface area contributed by atoms with Gasteiger partial charge >= 0.3 is 0 Å². The van der Waals surface area contributed by atoms with Gasteiger partial charge in [-0.25, -0.2) is 0 Å². The second-order valence-electron chi connectivity index (χ2n) is 4.47. The molecule has 17 heavy (non-hydrogen) atoms. The van der Waals surface area contributed by atoms with Crippen molar-refractivity contribution in [2.24, 2.45) is 0 Å². The minimum absolute atomic E-state index is 0.597. The summed E-state index contributed by atoms with van der Waals surface area (Å²) < 4.78 is 10.6. The Kier molecular flexibility index (Phi) is 4.98. The molecule has 1 aliphatic heterocycles. The van der Waals surface area contributed by atoms with E-state index >= 15 is 0 Å². The van der Waals surface area contributed by atoms with Crippen LogP contribution in [0.3, 0.4) is 0 Å². The summed E-state index contributed by atoms with van der Waals surface area (Å²) in [5.74, 6) is 0. The SMILES string of the molecule is COCc1ccccc1CNC1CCOCC1. The standard InChI is InChI=1S/C14H21NO2/c1-16-11-13-5-3-2-4-12(13)10-15-14-6-8-17-9-7-14/h2-5,14-15H,6-11H2,1H3. The lowest BCUT2D eigenvalue weighted by Crippen LogP contribution is -2.34. The van der Waals surface area contributed by atoms with Crippen LogP contribution in [0, 0.1) is 0 Å². The molecule has 3 nitrogen and oxygen atoms in total. The molecule has 0 saturated carbocycles. The summed E-state index contributed by atoms with van der Waals surface area (Å²) in [7, 11) is 1.74. The summed E-state index contributed by atoms with van der Waals surface area (Å²) >= 11 is 0. The second-order valence-corrected chi connectivity index (χ2v) is 4.47. The molecule has 1 saturated heterocycles. The Balaban J connectivity index is 1.88. The third-order valence-electron chi connectivity index (χ3n) is 3.22. The van der Waals surface area contributed by atoms with E-state index in [0.29, 0.717) is 12.6 Å². The Labute approximate surface area is 103 Å². The Morgan fingerprint density at radius 1 is 1.24 bits per heavy atom. The highest BCUT2D eigenvalue weighted by molar-refractivity contribution is 5.26. The maximum absolute atomic E-state index is 5.35. The lowest BCUT2D eigenvalue weighted by atomic mass is 10.1. The number of nitrogens with one attached hydrogen (secondary N) is 1. The van der Waals surface area contributed by atoms with Crippen LogP contribution in [0.25, 0.3) is 0 Å². The highest BCUT2D eigenvalue weighted by atomic mass is 16.5. The summed E-state index contributed by atoms with van der Waals surface area (Å²) in [6, 6.07) is 9.04. The minimum atomic E-state index is 0.597. The summed E-state index contributed by atoms with van der Waals surface area (Å²) in [4.78, 5) is 0. The third-order valence-corrected chi connectivity index (χ3v) is 3.22. The van der Waals surface area contributed by atoms with Gasteiger partial charge < -0.3 is 14.8 Å². The molecule has 3 heteroatoms. The van der Waals surface area contributed by atoms with E-state index in [1.165, 1.54) is 11.1 Å². The molecule has 0 bridgehead atoms. The molecule has 94 valence electrons. The summed E-state index contributed by atoms with van der Waals surface area (Å²) in [5.41, 5.74) is 2.61. The molecular formula is C14H21NO2. The molecule has 0 radical (unpaired) electrons. The zero-order valence-corrected chi connectivity index (χ0v) is 10.4. The van der Waals surface area contributed by atoms with Gasteiger partial charge in [-0.15, -0.1) is 0 Å². The van der Waals surface area contributed by atoms with Crippen molar-refractivity contribution in [1.29, 1.82) is 0 Å². The Morgan fingerprint density at radius 2 is 1.94 bits per heavy atom. The van der Waals surface area contributed by atoms with Crippen LogP contribution >= 0.6 is 0 Å². The van der Waals surface area contributed by atoms with Crippen LogP contribution in [-0.2, 0) is 22.6 Å². The number of hydrogen-bond donors (Lipinski definition) is 1. The zero-order valence-electron chi connectivity index (χ0n) is 10.4. The molecule has 1 aromatic rings. The van der Waals surface area contributed by atoms with Gasteiger partial charge in [0.05, 0.1) is 6.61 Å². The van der Waals surface area contributed by atoms with E-state index in [0.717, 1.165) is 32.6 Å². The molecule has 1 heterocycles. The lowest BCUT2D eigenvalue weighted by Gasteiger charge is -2.23. The van der Waals surface area contributed by atoms with E-state index in [2.05, 4.69) is 29.6 Å². The van der Waals surface area contributed by atoms with E-state index in [1.54, 1.807) is 7.11 Å². The average molecular weight is 235 g/mol. The van der Waals surface area contributed by atoms with Crippen LogP contribution in [-0.4, -0.2) is 26.4 Å². The maximum Gasteiger partial charge on any atom is 0.0716 e. The lowest BCUT2D eigenvalue weighted by molar-refractivity contribution is 0.0775. The first-order valence-electron chi connectivity index (χ1n) is 6.27. The largest absolute Gasteiger partial charge is 0.381 e. The first-order chi connectivity index (χ1) is 8.40. The molecule has 1 N–H and O–H groups in total. The molecule has 0 amide bonds.